The van der Waals surface area contributed by atoms with Gasteiger partial charge in [0.05, 0.1) is 10.5 Å². The van der Waals surface area contributed by atoms with Crippen LogP contribution in [0.5, 0.6) is 0 Å². The molecule has 108 valence electrons. The highest BCUT2D eigenvalue weighted by molar-refractivity contribution is 6.34. The second kappa shape index (κ2) is 6.95. The first-order valence-corrected chi connectivity index (χ1v) is 7.55. The van der Waals surface area contributed by atoms with Gasteiger partial charge in [-0.3, -0.25) is 4.79 Å². The summed E-state index contributed by atoms with van der Waals surface area (Å²) in [6.07, 6.45) is 1.07. The zero-order chi connectivity index (χ0) is 14.5. The van der Waals surface area contributed by atoms with Crippen LogP contribution in [0.2, 0.25) is 5.02 Å². The number of nitrogens with zero attached hydrogens (tertiary/aromatic N) is 2. The number of imidazole rings is 1. The summed E-state index contributed by atoms with van der Waals surface area (Å²) in [6.45, 7) is 3.13. The van der Waals surface area contributed by atoms with E-state index in [0.29, 0.717) is 36.8 Å². The third kappa shape index (κ3) is 3.25. The largest absolute Gasteiger partial charge is 0.356 e. The van der Waals surface area contributed by atoms with Crippen molar-refractivity contribution in [2.75, 3.05) is 12.4 Å². The number of hydrogen-bond donors (Lipinski definition) is 1. The Hall–Kier alpha value is -1.26. The van der Waals surface area contributed by atoms with Gasteiger partial charge in [0.2, 0.25) is 5.91 Å². The Morgan fingerprint density at radius 1 is 1.45 bits per heavy atom. The molecule has 1 heterocycles. The van der Waals surface area contributed by atoms with E-state index in [1.165, 1.54) is 0 Å². The first-order valence-electron chi connectivity index (χ1n) is 6.63. The summed E-state index contributed by atoms with van der Waals surface area (Å²) in [4.78, 5) is 16.2. The average Bonchev–Trinajstić information content (AvgIpc) is 2.77. The normalized spacial score (nSPS) is 10.9. The molecule has 20 heavy (non-hydrogen) atoms. The van der Waals surface area contributed by atoms with Crippen molar-refractivity contribution in [1.29, 1.82) is 0 Å². The molecular formula is C14H17Cl2N3O. The predicted molar refractivity (Wildman–Crippen MR) is 82.5 cm³/mol. The van der Waals surface area contributed by atoms with E-state index in [4.69, 9.17) is 23.2 Å². The average molecular weight is 314 g/mol. The van der Waals surface area contributed by atoms with E-state index < -0.39 is 0 Å². The molecule has 0 aliphatic rings. The number of carbonyl (C=O) groups is 1. The molecule has 1 aromatic heterocycles. The third-order valence-electron chi connectivity index (χ3n) is 3.06. The Labute approximate surface area is 128 Å². The molecule has 0 atom stereocenters. The summed E-state index contributed by atoms with van der Waals surface area (Å²) in [5, 5.41) is 3.41. The van der Waals surface area contributed by atoms with E-state index in [1.54, 1.807) is 0 Å². The number of benzene rings is 1. The van der Waals surface area contributed by atoms with Crippen molar-refractivity contribution in [3.8, 4) is 0 Å². The second-order valence-electron chi connectivity index (χ2n) is 4.43. The molecule has 1 amide bonds. The minimum absolute atomic E-state index is 0.0354. The lowest BCUT2D eigenvalue weighted by molar-refractivity contribution is -0.121. The lowest BCUT2D eigenvalue weighted by Gasteiger charge is -2.08. The number of alkyl halides is 1. The van der Waals surface area contributed by atoms with Crippen LogP contribution in [0.25, 0.3) is 11.0 Å². The minimum Gasteiger partial charge on any atom is -0.356 e. The third-order valence-corrected chi connectivity index (χ3v) is 3.56. The summed E-state index contributed by atoms with van der Waals surface area (Å²) < 4.78 is 2.03. The van der Waals surface area contributed by atoms with Gasteiger partial charge >= 0.3 is 0 Å². The minimum atomic E-state index is 0.0354. The molecule has 6 heteroatoms. The van der Waals surface area contributed by atoms with Crippen molar-refractivity contribution < 1.29 is 4.79 Å². The van der Waals surface area contributed by atoms with Crippen LogP contribution in [0.1, 0.15) is 19.2 Å². The van der Waals surface area contributed by atoms with Gasteiger partial charge in [0.15, 0.2) is 0 Å². The number of hydrogen-bond acceptors (Lipinski definition) is 2. The molecule has 0 saturated carbocycles. The molecule has 0 aliphatic heterocycles. The zero-order valence-electron chi connectivity index (χ0n) is 11.3. The first-order chi connectivity index (χ1) is 9.67. The van der Waals surface area contributed by atoms with Crippen molar-refractivity contribution in [2.24, 2.45) is 0 Å². The number of aromatic nitrogens is 2. The van der Waals surface area contributed by atoms with E-state index in [0.717, 1.165) is 16.9 Å². The number of carbonyl (C=O) groups excluding carboxylic acids is 1. The highest BCUT2D eigenvalue weighted by Crippen LogP contribution is 2.24. The molecule has 1 aromatic carbocycles. The first kappa shape index (κ1) is 15.1. The van der Waals surface area contributed by atoms with Gasteiger partial charge in [-0.1, -0.05) is 17.7 Å². The molecule has 0 aliphatic carbocycles. The van der Waals surface area contributed by atoms with Crippen molar-refractivity contribution in [2.45, 2.75) is 26.3 Å². The highest BCUT2D eigenvalue weighted by atomic mass is 35.5. The molecular weight excluding hydrogens is 297 g/mol. The van der Waals surface area contributed by atoms with Crippen LogP contribution >= 0.6 is 23.2 Å². The molecule has 2 rings (SSSR count). The Morgan fingerprint density at radius 2 is 2.25 bits per heavy atom. The standard InChI is InChI=1S/C14H17Cl2N3O/c1-2-17-13(20)7-9-19-11-5-3-4-10(16)14(11)18-12(19)6-8-15/h3-5H,2,6-9H2,1H3,(H,17,20). The van der Waals surface area contributed by atoms with Gasteiger partial charge < -0.3 is 9.88 Å². The van der Waals surface area contributed by atoms with E-state index in [2.05, 4.69) is 10.3 Å². The molecule has 0 saturated heterocycles. The monoisotopic (exact) mass is 313 g/mol. The van der Waals surface area contributed by atoms with Crippen molar-refractivity contribution >= 4 is 40.1 Å². The SMILES string of the molecule is CCNC(=O)CCn1c(CCCl)nc2c(Cl)cccc21. The Bertz CT molecular complexity index is 610. The molecule has 0 unspecified atom stereocenters. The summed E-state index contributed by atoms with van der Waals surface area (Å²) in [7, 11) is 0. The van der Waals surface area contributed by atoms with Crippen LogP contribution < -0.4 is 5.32 Å². The van der Waals surface area contributed by atoms with Gasteiger partial charge in [0, 0.05) is 31.8 Å². The summed E-state index contributed by atoms with van der Waals surface area (Å²) >= 11 is 12.0. The number of rotatable bonds is 6. The summed E-state index contributed by atoms with van der Waals surface area (Å²) in [5.41, 5.74) is 1.71. The number of halogens is 2. The Balaban J connectivity index is 2.31. The molecule has 1 N–H and O–H groups in total. The molecule has 4 nitrogen and oxygen atoms in total. The van der Waals surface area contributed by atoms with Gasteiger partial charge in [0.1, 0.15) is 11.3 Å². The smallest absolute Gasteiger partial charge is 0.221 e. The summed E-state index contributed by atoms with van der Waals surface area (Å²) in [5.74, 6) is 1.39. The lowest BCUT2D eigenvalue weighted by atomic mass is 10.3. The van der Waals surface area contributed by atoms with Gasteiger partial charge in [-0.25, -0.2) is 4.98 Å². The van der Waals surface area contributed by atoms with Crippen LogP contribution in [0.4, 0.5) is 0 Å². The van der Waals surface area contributed by atoms with Crippen LogP contribution in [0.15, 0.2) is 18.2 Å². The van der Waals surface area contributed by atoms with Crippen LogP contribution in [-0.2, 0) is 17.8 Å². The Kier molecular flexibility index (Phi) is 5.26. The van der Waals surface area contributed by atoms with Crippen LogP contribution in [0.3, 0.4) is 0 Å². The van der Waals surface area contributed by atoms with Crippen molar-refractivity contribution in [1.82, 2.24) is 14.9 Å². The maximum Gasteiger partial charge on any atom is 0.221 e. The van der Waals surface area contributed by atoms with Gasteiger partial charge in [0.25, 0.3) is 0 Å². The molecule has 0 fully saturated rings. The molecule has 0 bridgehead atoms. The fourth-order valence-corrected chi connectivity index (χ4v) is 2.57. The molecule has 0 spiro atoms. The maximum absolute atomic E-state index is 11.6. The fraction of sp³-hybridized carbons (Fsp3) is 0.429. The van der Waals surface area contributed by atoms with E-state index >= 15 is 0 Å². The van der Waals surface area contributed by atoms with Crippen LogP contribution in [-0.4, -0.2) is 27.9 Å². The van der Waals surface area contributed by atoms with Crippen molar-refractivity contribution in [3.05, 3.63) is 29.0 Å². The quantitative estimate of drug-likeness (QED) is 0.833. The predicted octanol–water partition coefficient (Wildman–Crippen LogP) is 3.00. The fourth-order valence-electron chi connectivity index (χ4n) is 2.18. The van der Waals surface area contributed by atoms with Crippen LogP contribution in [0, 0.1) is 0 Å². The van der Waals surface area contributed by atoms with E-state index in [1.807, 2.05) is 29.7 Å². The highest BCUT2D eigenvalue weighted by Gasteiger charge is 2.13. The molecule has 2 aromatic rings. The topological polar surface area (TPSA) is 46.9 Å². The zero-order valence-corrected chi connectivity index (χ0v) is 12.8. The summed E-state index contributed by atoms with van der Waals surface area (Å²) in [6, 6.07) is 5.67. The Morgan fingerprint density at radius 3 is 2.95 bits per heavy atom. The number of para-hydroxylation sites is 1. The van der Waals surface area contributed by atoms with Gasteiger partial charge in [-0.15, -0.1) is 11.6 Å². The van der Waals surface area contributed by atoms with Crippen molar-refractivity contribution in [3.63, 3.8) is 0 Å². The maximum atomic E-state index is 11.6. The van der Waals surface area contributed by atoms with Gasteiger partial charge in [-0.2, -0.15) is 0 Å². The number of fused-ring (bicyclic) bond motifs is 1. The number of amides is 1. The molecule has 0 radical (unpaired) electrons. The second-order valence-corrected chi connectivity index (χ2v) is 5.21. The van der Waals surface area contributed by atoms with Gasteiger partial charge in [-0.05, 0) is 19.1 Å². The number of aryl methyl sites for hydroxylation is 2. The lowest BCUT2D eigenvalue weighted by Crippen LogP contribution is -2.24. The van der Waals surface area contributed by atoms with E-state index in [9.17, 15) is 4.79 Å². The number of nitrogens with one attached hydrogen (secondary N) is 1. The van der Waals surface area contributed by atoms with E-state index in [-0.39, 0.29) is 5.91 Å².